The SMILES string of the molecule is CCOC(=O)C1=C(C)N=c2s/c(=C\c3cccc(OC)c3)c(=O)n2[C@H]1c1cccs1. The van der Waals surface area contributed by atoms with Gasteiger partial charge in [-0.3, -0.25) is 9.36 Å². The van der Waals surface area contributed by atoms with Gasteiger partial charge >= 0.3 is 5.97 Å². The van der Waals surface area contributed by atoms with Crippen LogP contribution in [-0.2, 0) is 9.53 Å². The van der Waals surface area contributed by atoms with Crippen molar-refractivity contribution >= 4 is 34.7 Å². The van der Waals surface area contributed by atoms with E-state index in [1.807, 2.05) is 47.9 Å². The molecule has 0 bridgehead atoms. The Balaban J connectivity index is 1.92. The lowest BCUT2D eigenvalue weighted by Gasteiger charge is -2.23. The Morgan fingerprint density at radius 2 is 2.13 bits per heavy atom. The summed E-state index contributed by atoms with van der Waals surface area (Å²) in [6, 6.07) is 10.8. The van der Waals surface area contributed by atoms with E-state index in [-0.39, 0.29) is 12.2 Å². The predicted molar refractivity (Wildman–Crippen MR) is 118 cm³/mol. The number of hydrogen-bond donors (Lipinski definition) is 0. The molecule has 3 aromatic rings. The maximum atomic E-state index is 13.4. The first-order valence-corrected chi connectivity index (χ1v) is 11.1. The number of nitrogens with zero attached hydrogens (tertiary/aromatic N) is 2. The van der Waals surface area contributed by atoms with Gasteiger partial charge in [-0.2, -0.15) is 0 Å². The third-order valence-electron chi connectivity index (χ3n) is 4.72. The van der Waals surface area contributed by atoms with Crippen molar-refractivity contribution in [2.75, 3.05) is 13.7 Å². The van der Waals surface area contributed by atoms with Gasteiger partial charge in [0.1, 0.15) is 11.8 Å². The minimum absolute atomic E-state index is 0.186. The first-order chi connectivity index (χ1) is 14.5. The Kier molecular flexibility index (Phi) is 5.69. The second-order valence-corrected chi connectivity index (χ2v) is 8.58. The lowest BCUT2D eigenvalue weighted by molar-refractivity contribution is -0.139. The summed E-state index contributed by atoms with van der Waals surface area (Å²) in [7, 11) is 1.60. The molecular weight excluding hydrogens is 420 g/mol. The fraction of sp³-hybridized carbons (Fsp3) is 0.227. The van der Waals surface area contributed by atoms with Gasteiger partial charge in [0, 0.05) is 4.88 Å². The molecular formula is C22H20N2O4S2. The first kappa shape index (κ1) is 20.3. The third kappa shape index (κ3) is 3.64. The van der Waals surface area contributed by atoms with Gasteiger partial charge in [0.25, 0.3) is 5.56 Å². The quantitative estimate of drug-likeness (QED) is 0.572. The van der Waals surface area contributed by atoms with E-state index in [4.69, 9.17) is 9.47 Å². The van der Waals surface area contributed by atoms with Crippen molar-refractivity contribution in [3.8, 4) is 5.75 Å². The Labute approximate surface area is 181 Å². The van der Waals surface area contributed by atoms with Crippen LogP contribution < -0.4 is 19.6 Å². The lowest BCUT2D eigenvalue weighted by atomic mass is 10.0. The molecule has 0 fully saturated rings. The summed E-state index contributed by atoms with van der Waals surface area (Å²) in [5.41, 5.74) is 1.64. The molecule has 30 heavy (non-hydrogen) atoms. The van der Waals surface area contributed by atoms with Gasteiger partial charge in [-0.05, 0) is 49.1 Å². The van der Waals surface area contributed by atoms with Crippen LogP contribution in [0.1, 0.15) is 30.3 Å². The van der Waals surface area contributed by atoms with Gasteiger partial charge in [-0.1, -0.05) is 29.5 Å². The predicted octanol–water partition coefficient (Wildman–Crippen LogP) is 2.87. The average Bonchev–Trinajstić information content (AvgIpc) is 3.36. The highest BCUT2D eigenvalue weighted by Gasteiger charge is 2.33. The second kappa shape index (κ2) is 8.41. The number of rotatable bonds is 5. The van der Waals surface area contributed by atoms with Gasteiger partial charge in [0.05, 0.1) is 29.5 Å². The molecule has 0 amide bonds. The summed E-state index contributed by atoms with van der Waals surface area (Å²) in [4.78, 5) is 32.2. The van der Waals surface area contributed by atoms with Gasteiger partial charge in [0.2, 0.25) is 0 Å². The standard InChI is InChI=1S/C22H20N2O4S2/c1-4-28-21(26)18-13(2)23-22-24(19(18)16-9-6-10-29-16)20(25)17(30-22)12-14-7-5-8-15(11-14)27-3/h5-12,19H,4H2,1-3H3/b17-12-/t19-/m0/s1. The number of aromatic nitrogens is 1. The smallest absolute Gasteiger partial charge is 0.338 e. The zero-order valence-corrected chi connectivity index (χ0v) is 18.4. The number of esters is 1. The fourth-order valence-electron chi connectivity index (χ4n) is 3.39. The van der Waals surface area contributed by atoms with E-state index in [0.717, 1.165) is 10.4 Å². The summed E-state index contributed by atoms with van der Waals surface area (Å²) in [5, 5.41) is 1.93. The molecule has 0 unspecified atom stereocenters. The minimum atomic E-state index is -0.548. The van der Waals surface area contributed by atoms with Gasteiger partial charge in [-0.25, -0.2) is 9.79 Å². The Morgan fingerprint density at radius 1 is 1.30 bits per heavy atom. The van der Waals surface area contributed by atoms with Crippen LogP contribution in [-0.4, -0.2) is 24.3 Å². The molecule has 0 saturated carbocycles. The van der Waals surface area contributed by atoms with Crippen LogP contribution in [0.25, 0.3) is 6.08 Å². The molecule has 0 aliphatic carbocycles. The van der Waals surface area contributed by atoms with Crippen molar-refractivity contribution in [2.45, 2.75) is 19.9 Å². The van der Waals surface area contributed by atoms with E-state index >= 15 is 0 Å². The number of benzene rings is 1. The summed E-state index contributed by atoms with van der Waals surface area (Å²) < 4.78 is 12.7. The molecule has 4 rings (SSSR count). The van der Waals surface area contributed by atoms with E-state index in [0.29, 0.717) is 26.4 Å². The third-order valence-corrected chi connectivity index (χ3v) is 6.63. The highest BCUT2D eigenvalue weighted by molar-refractivity contribution is 7.10. The molecule has 1 aliphatic heterocycles. The van der Waals surface area contributed by atoms with Gasteiger partial charge < -0.3 is 9.47 Å². The monoisotopic (exact) mass is 440 g/mol. The summed E-state index contributed by atoms with van der Waals surface area (Å²) in [6.45, 7) is 3.80. The summed E-state index contributed by atoms with van der Waals surface area (Å²) in [6.07, 6.45) is 1.82. The van der Waals surface area contributed by atoms with Crippen molar-refractivity contribution in [1.82, 2.24) is 4.57 Å². The van der Waals surface area contributed by atoms with Crippen molar-refractivity contribution < 1.29 is 14.3 Å². The number of ether oxygens (including phenoxy) is 2. The van der Waals surface area contributed by atoms with E-state index < -0.39 is 12.0 Å². The number of hydrogen-bond acceptors (Lipinski definition) is 7. The number of carbonyl (C=O) groups excluding carboxylic acids is 1. The molecule has 0 spiro atoms. The first-order valence-electron chi connectivity index (χ1n) is 9.40. The molecule has 2 aromatic heterocycles. The normalized spacial score (nSPS) is 16.2. The second-order valence-electron chi connectivity index (χ2n) is 6.59. The number of allylic oxidation sites excluding steroid dienone is 1. The van der Waals surface area contributed by atoms with Gasteiger partial charge in [0.15, 0.2) is 4.80 Å². The van der Waals surface area contributed by atoms with E-state index in [2.05, 4.69) is 4.99 Å². The molecule has 0 radical (unpaired) electrons. The zero-order chi connectivity index (χ0) is 21.3. The topological polar surface area (TPSA) is 69.9 Å². The molecule has 1 atom stereocenters. The number of carbonyl (C=O) groups is 1. The average molecular weight is 441 g/mol. The van der Waals surface area contributed by atoms with Crippen LogP contribution in [0.4, 0.5) is 0 Å². The number of thiazole rings is 1. The van der Waals surface area contributed by atoms with Crippen LogP contribution in [0, 0.1) is 0 Å². The van der Waals surface area contributed by atoms with Crippen molar-refractivity contribution in [3.05, 3.63) is 83.2 Å². The van der Waals surface area contributed by atoms with Crippen molar-refractivity contribution in [2.24, 2.45) is 4.99 Å². The van der Waals surface area contributed by atoms with Crippen LogP contribution >= 0.6 is 22.7 Å². The summed E-state index contributed by atoms with van der Waals surface area (Å²) >= 11 is 2.80. The molecule has 0 N–H and O–H groups in total. The number of fused-ring (bicyclic) bond motifs is 1. The van der Waals surface area contributed by atoms with Crippen molar-refractivity contribution in [3.63, 3.8) is 0 Å². The van der Waals surface area contributed by atoms with E-state index in [1.165, 1.54) is 22.7 Å². The number of methoxy groups -OCH3 is 1. The Morgan fingerprint density at radius 3 is 2.83 bits per heavy atom. The van der Waals surface area contributed by atoms with Crippen molar-refractivity contribution in [1.29, 1.82) is 0 Å². The van der Waals surface area contributed by atoms with Crippen LogP contribution in [0.2, 0.25) is 0 Å². The van der Waals surface area contributed by atoms with E-state index in [1.54, 1.807) is 25.5 Å². The number of thiophene rings is 1. The summed E-state index contributed by atoms with van der Waals surface area (Å²) in [5.74, 6) is 0.271. The fourth-order valence-corrected chi connectivity index (χ4v) is 5.26. The Bertz CT molecular complexity index is 1300. The zero-order valence-electron chi connectivity index (χ0n) is 16.7. The molecule has 0 saturated heterocycles. The maximum absolute atomic E-state index is 13.4. The van der Waals surface area contributed by atoms with E-state index in [9.17, 15) is 9.59 Å². The molecule has 3 heterocycles. The van der Waals surface area contributed by atoms with Crippen LogP contribution in [0.15, 0.2) is 62.8 Å². The van der Waals surface area contributed by atoms with Crippen LogP contribution in [0.3, 0.4) is 0 Å². The largest absolute Gasteiger partial charge is 0.497 e. The molecule has 8 heteroatoms. The van der Waals surface area contributed by atoms with Gasteiger partial charge in [-0.15, -0.1) is 11.3 Å². The Hall–Kier alpha value is -2.97. The maximum Gasteiger partial charge on any atom is 0.338 e. The molecule has 6 nitrogen and oxygen atoms in total. The molecule has 1 aromatic carbocycles. The molecule has 154 valence electrons. The minimum Gasteiger partial charge on any atom is -0.497 e. The highest BCUT2D eigenvalue weighted by Crippen LogP contribution is 2.33. The van der Waals surface area contributed by atoms with Crippen LogP contribution in [0.5, 0.6) is 5.75 Å². The molecule has 1 aliphatic rings. The lowest BCUT2D eigenvalue weighted by Crippen LogP contribution is -2.39. The highest BCUT2D eigenvalue weighted by atomic mass is 32.1.